The fraction of sp³-hybridized carbons (Fsp3) is 0.231. The van der Waals surface area contributed by atoms with Crippen LogP contribution < -0.4 is 5.32 Å². The van der Waals surface area contributed by atoms with Gasteiger partial charge in [-0.3, -0.25) is 0 Å². The van der Waals surface area contributed by atoms with Gasteiger partial charge in [0.15, 0.2) is 0 Å². The average molecular weight is 231 g/mol. The molecule has 0 saturated heterocycles. The highest BCUT2D eigenvalue weighted by atomic mass is 19.1. The van der Waals surface area contributed by atoms with E-state index >= 15 is 0 Å². The van der Waals surface area contributed by atoms with E-state index < -0.39 is 0 Å². The molecule has 3 nitrogen and oxygen atoms in total. The van der Waals surface area contributed by atoms with Gasteiger partial charge in [0, 0.05) is 18.7 Å². The molecule has 17 heavy (non-hydrogen) atoms. The number of anilines is 1. The minimum Gasteiger partial charge on any atom is -0.373 e. The Morgan fingerprint density at radius 1 is 1.06 bits per heavy atom. The largest absolute Gasteiger partial charge is 0.373 e. The molecular formula is C13H14FN3. The van der Waals surface area contributed by atoms with E-state index in [0.29, 0.717) is 5.82 Å². The second-order valence-corrected chi connectivity index (χ2v) is 3.95. The van der Waals surface area contributed by atoms with E-state index in [1.807, 2.05) is 19.9 Å². The number of nitrogens with zero attached hydrogens (tertiary/aromatic N) is 2. The lowest BCUT2D eigenvalue weighted by Crippen LogP contribution is -1.98. The Labute approximate surface area is 99.7 Å². The van der Waals surface area contributed by atoms with E-state index in [-0.39, 0.29) is 5.82 Å². The molecule has 0 fully saturated rings. The van der Waals surface area contributed by atoms with Gasteiger partial charge in [0.05, 0.1) is 5.69 Å². The summed E-state index contributed by atoms with van der Waals surface area (Å²) in [5.41, 5.74) is 2.37. The van der Waals surface area contributed by atoms with Gasteiger partial charge in [0.1, 0.15) is 17.5 Å². The lowest BCUT2D eigenvalue weighted by atomic mass is 10.1. The lowest BCUT2D eigenvalue weighted by molar-refractivity contribution is 0.627. The number of benzene rings is 1. The van der Waals surface area contributed by atoms with Crippen molar-refractivity contribution in [2.45, 2.75) is 13.8 Å². The summed E-state index contributed by atoms with van der Waals surface area (Å²) < 4.78 is 13.3. The molecule has 0 atom stereocenters. The average Bonchev–Trinajstić information content (AvgIpc) is 2.26. The SMILES string of the molecule is CNc1cc(-c2cc(C)cc(F)c2)nc(C)n1. The van der Waals surface area contributed by atoms with Crippen LogP contribution in [0.3, 0.4) is 0 Å². The van der Waals surface area contributed by atoms with Crippen molar-refractivity contribution in [3.8, 4) is 11.3 Å². The highest BCUT2D eigenvalue weighted by Crippen LogP contribution is 2.22. The number of hydrogen-bond donors (Lipinski definition) is 1. The van der Waals surface area contributed by atoms with Crippen LogP contribution >= 0.6 is 0 Å². The zero-order chi connectivity index (χ0) is 12.4. The molecule has 0 unspecified atom stereocenters. The second-order valence-electron chi connectivity index (χ2n) is 3.95. The minimum absolute atomic E-state index is 0.248. The van der Waals surface area contributed by atoms with Gasteiger partial charge in [0.2, 0.25) is 0 Å². The summed E-state index contributed by atoms with van der Waals surface area (Å²) in [6.07, 6.45) is 0. The quantitative estimate of drug-likeness (QED) is 0.863. The van der Waals surface area contributed by atoms with Crippen LogP contribution in [0.25, 0.3) is 11.3 Å². The molecule has 0 aliphatic heterocycles. The first-order valence-electron chi connectivity index (χ1n) is 5.39. The van der Waals surface area contributed by atoms with Gasteiger partial charge in [-0.2, -0.15) is 0 Å². The Hall–Kier alpha value is -1.97. The van der Waals surface area contributed by atoms with Crippen molar-refractivity contribution in [2.24, 2.45) is 0 Å². The third-order valence-electron chi connectivity index (χ3n) is 2.43. The molecule has 1 aromatic heterocycles. The molecule has 0 aliphatic carbocycles. The molecule has 0 aliphatic rings. The van der Waals surface area contributed by atoms with Gasteiger partial charge in [-0.05, 0) is 37.6 Å². The van der Waals surface area contributed by atoms with E-state index in [0.717, 1.165) is 22.6 Å². The van der Waals surface area contributed by atoms with Crippen molar-refractivity contribution in [1.82, 2.24) is 9.97 Å². The van der Waals surface area contributed by atoms with E-state index in [1.54, 1.807) is 13.1 Å². The van der Waals surface area contributed by atoms with Crippen molar-refractivity contribution in [2.75, 3.05) is 12.4 Å². The highest BCUT2D eigenvalue weighted by molar-refractivity contribution is 5.63. The van der Waals surface area contributed by atoms with Gasteiger partial charge in [0.25, 0.3) is 0 Å². The van der Waals surface area contributed by atoms with Crippen molar-refractivity contribution >= 4 is 5.82 Å². The third-order valence-corrected chi connectivity index (χ3v) is 2.43. The summed E-state index contributed by atoms with van der Waals surface area (Å²) in [7, 11) is 1.79. The molecule has 1 N–H and O–H groups in total. The summed E-state index contributed by atoms with van der Waals surface area (Å²) in [4.78, 5) is 8.52. The standard InChI is InChI=1S/C13H14FN3/c1-8-4-10(6-11(14)5-8)12-7-13(15-3)17-9(2)16-12/h4-7H,1-3H3,(H,15,16,17). The molecule has 4 heteroatoms. The van der Waals surface area contributed by atoms with Gasteiger partial charge >= 0.3 is 0 Å². The van der Waals surface area contributed by atoms with Crippen LogP contribution in [0.4, 0.5) is 10.2 Å². The Kier molecular flexibility index (Phi) is 3.04. The first kappa shape index (κ1) is 11.5. The van der Waals surface area contributed by atoms with Gasteiger partial charge in [-0.25, -0.2) is 14.4 Å². The number of halogens is 1. The van der Waals surface area contributed by atoms with Crippen LogP contribution in [0.1, 0.15) is 11.4 Å². The fourth-order valence-electron chi connectivity index (χ4n) is 1.73. The van der Waals surface area contributed by atoms with Crippen LogP contribution in [0.5, 0.6) is 0 Å². The minimum atomic E-state index is -0.248. The summed E-state index contributed by atoms with van der Waals surface area (Å²) in [6, 6.07) is 6.69. The molecule has 2 rings (SSSR count). The van der Waals surface area contributed by atoms with Crippen LogP contribution in [0, 0.1) is 19.7 Å². The van der Waals surface area contributed by atoms with Crippen LogP contribution in [0.2, 0.25) is 0 Å². The highest BCUT2D eigenvalue weighted by Gasteiger charge is 2.05. The van der Waals surface area contributed by atoms with Crippen molar-refractivity contribution in [1.29, 1.82) is 0 Å². The lowest BCUT2D eigenvalue weighted by Gasteiger charge is -2.06. The first-order chi connectivity index (χ1) is 8.08. The van der Waals surface area contributed by atoms with Crippen LogP contribution in [-0.4, -0.2) is 17.0 Å². The zero-order valence-corrected chi connectivity index (χ0v) is 10.1. The first-order valence-corrected chi connectivity index (χ1v) is 5.39. The van der Waals surface area contributed by atoms with Crippen LogP contribution in [-0.2, 0) is 0 Å². The zero-order valence-electron chi connectivity index (χ0n) is 10.1. The van der Waals surface area contributed by atoms with Crippen molar-refractivity contribution < 1.29 is 4.39 Å². The number of nitrogens with one attached hydrogen (secondary N) is 1. The normalized spacial score (nSPS) is 10.4. The fourth-order valence-corrected chi connectivity index (χ4v) is 1.73. The molecule has 1 aromatic carbocycles. The summed E-state index contributed by atoms with van der Waals surface area (Å²) in [6.45, 7) is 3.68. The Bertz CT molecular complexity index is 532. The van der Waals surface area contributed by atoms with Crippen LogP contribution in [0.15, 0.2) is 24.3 Å². The summed E-state index contributed by atoms with van der Waals surface area (Å²) in [5, 5.41) is 2.96. The molecule has 0 saturated carbocycles. The molecule has 1 heterocycles. The Balaban J connectivity index is 2.55. The molecule has 0 radical (unpaired) electrons. The van der Waals surface area contributed by atoms with Crippen molar-refractivity contribution in [3.05, 3.63) is 41.5 Å². The maximum atomic E-state index is 13.3. The van der Waals surface area contributed by atoms with E-state index in [2.05, 4.69) is 15.3 Å². The molecule has 0 spiro atoms. The van der Waals surface area contributed by atoms with Gasteiger partial charge < -0.3 is 5.32 Å². The number of aromatic nitrogens is 2. The topological polar surface area (TPSA) is 37.8 Å². The smallest absolute Gasteiger partial charge is 0.130 e. The molecule has 88 valence electrons. The Morgan fingerprint density at radius 3 is 2.47 bits per heavy atom. The number of rotatable bonds is 2. The molecular weight excluding hydrogens is 217 g/mol. The molecule has 2 aromatic rings. The number of aryl methyl sites for hydroxylation is 2. The van der Waals surface area contributed by atoms with E-state index in [1.165, 1.54) is 12.1 Å². The predicted molar refractivity (Wildman–Crippen MR) is 66.4 cm³/mol. The Morgan fingerprint density at radius 2 is 1.82 bits per heavy atom. The summed E-state index contributed by atoms with van der Waals surface area (Å²) in [5.74, 6) is 1.14. The van der Waals surface area contributed by atoms with E-state index in [9.17, 15) is 4.39 Å². The van der Waals surface area contributed by atoms with Gasteiger partial charge in [-0.1, -0.05) is 0 Å². The molecule has 0 amide bonds. The third kappa shape index (κ3) is 2.58. The van der Waals surface area contributed by atoms with Crippen molar-refractivity contribution in [3.63, 3.8) is 0 Å². The maximum Gasteiger partial charge on any atom is 0.130 e. The number of hydrogen-bond acceptors (Lipinski definition) is 3. The summed E-state index contributed by atoms with van der Waals surface area (Å²) >= 11 is 0. The second kappa shape index (κ2) is 4.49. The van der Waals surface area contributed by atoms with E-state index in [4.69, 9.17) is 0 Å². The predicted octanol–water partition coefficient (Wildman–Crippen LogP) is 2.94. The maximum absolute atomic E-state index is 13.3. The van der Waals surface area contributed by atoms with Gasteiger partial charge in [-0.15, -0.1) is 0 Å². The monoisotopic (exact) mass is 231 g/mol. The molecule has 0 bridgehead atoms.